The number of amides is 1. The van der Waals surface area contributed by atoms with Gasteiger partial charge in [0.1, 0.15) is 10.7 Å². The van der Waals surface area contributed by atoms with Crippen molar-refractivity contribution in [2.24, 2.45) is 17.0 Å². The van der Waals surface area contributed by atoms with Gasteiger partial charge in [0, 0.05) is 12.6 Å². The summed E-state index contributed by atoms with van der Waals surface area (Å²) in [5.74, 6) is 0.392. The molecule has 1 atom stereocenters. The minimum absolute atomic E-state index is 0.0440. The first-order chi connectivity index (χ1) is 8.62. The van der Waals surface area contributed by atoms with Gasteiger partial charge in [0.2, 0.25) is 10.0 Å². The number of furan rings is 1. The van der Waals surface area contributed by atoms with E-state index in [0.29, 0.717) is 18.4 Å². The Balaban J connectivity index is 2.80. The number of rotatable bonds is 5. The van der Waals surface area contributed by atoms with Crippen LogP contribution in [0.4, 0.5) is 0 Å². The normalized spacial score (nSPS) is 13.6. The van der Waals surface area contributed by atoms with Crippen LogP contribution in [0.15, 0.2) is 15.4 Å². The molecular formula is C12H20N2O4S. The molecule has 1 unspecified atom stereocenters. The molecule has 0 bridgehead atoms. The Kier molecular flexibility index (Phi) is 4.75. The maximum Gasteiger partial charge on any atom is 0.287 e. The van der Waals surface area contributed by atoms with Crippen molar-refractivity contribution in [3.8, 4) is 0 Å². The number of aryl methyl sites for hydroxylation is 1. The summed E-state index contributed by atoms with van der Waals surface area (Å²) in [5, 5.41) is 7.72. The van der Waals surface area contributed by atoms with Gasteiger partial charge in [-0.15, -0.1) is 0 Å². The van der Waals surface area contributed by atoms with Crippen molar-refractivity contribution >= 4 is 15.9 Å². The van der Waals surface area contributed by atoms with E-state index in [1.54, 1.807) is 0 Å². The Morgan fingerprint density at radius 2 is 2.00 bits per heavy atom. The third-order valence-corrected chi connectivity index (χ3v) is 4.14. The van der Waals surface area contributed by atoms with Crippen molar-refractivity contribution in [2.75, 3.05) is 6.54 Å². The molecule has 7 heteroatoms. The van der Waals surface area contributed by atoms with E-state index in [1.807, 2.05) is 6.92 Å². The number of sulfonamides is 1. The number of hydrogen-bond donors (Lipinski definition) is 2. The van der Waals surface area contributed by atoms with Crippen LogP contribution in [0.3, 0.4) is 0 Å². The first-order valence-electron chi connectivity index (χ1n) is 6.04. The van der Waals surface area contributed by atoms with E-state index < -0.39 is 15.9 Å². The highest BCUT2D eigenvalue weighted by atomic mass is 32.2. The van der Waals surface area contributed by atoms with Crippen molar-refractivity contribution in [2.45, 2.75) is 32.6 Å². The molecule has 1 rings (SSSR count). The van der Waals surface area contributed by atoms with Crippen LogP contribution in [0, 0.1) is 18.8 Å². The number of nitrogens with two attached hydrogens (primary N) is 1. The first-order valence-corrected chi connectivity index (χ1v) is 7.59. The van der Waals surface area contributed by atoms with Crippen LogP contribution in [0.5, 0.6) is 0 Å². The van der Waals surface area contributed by atoms with Crippen LogP contribution in [0.25, 0.3) is 0 Å². The molecule has 108 valence electrons. The highest BCUT2D eigenvalue weighted by molar-refractivity contribution is 7.89. The monoisotopic (exact) mass is 288 g/mol. The largest absolute Gasteiger partial charge is 0.455 e. The Morgan fingerprint density at radius 3 is 2.42 bits per heavy atom. The van der Waals surface area contributed by atoms with Gasteiger partial charge in [-0.25, -0.2) is 13.6 Å². The SMILES string of the molecule is Cc1oc(C(=O)NCC(C)C(C)C)cc1S(N)(=O)=O. The van der Waals surface area contributed by atoms with E-state index in [0.717, 1.165) is 6.07 Å². The van der Waals surface area contributed by atoms with Crippen molar-refractivity contribution in [1.29, 1.82) is 0 Å². The second kappa shape index (κ2) is 5.75. The van der Waals surface area contributed by atoms with E-state index in [9.17, 15) is 13.2 Å². The highest BCUT2D eigenvalue weighted by Gasteiger charge is 2.21. The van der Waals surface area contributed by atoms with Crippen LogP contribution in [-0.2, 0) is 10.0 Å². The maximum atomic E-state index is 11.8. The van der Waals surface area contributed by atoms with Crippen LogP contribution in [0.1, 0.15) is 37.1 Å². The molecule has 19 heavy (non-hydrogen) atoms. The number of hydrogen-bond acceptors (Lipinski definition) is 4. The van der Waals surface area contributed by atoms with Crippen molar-refractivity contribution in [1.82, 2.24) is 5.32 Å². The predicted octanol–water partition coefficient (Wildman–Crippen LogP) is 1.26. The molecule has 0 aromatic carbocycles. The molecule has 0 aliphatic carbocycles. The van der Waals surface area contributed by atoms with Crippen LogP contribution in [-0.4, -0.2) is 20.9 Å². The van der Waals surface area contributed by atoms with E-state index >= 15 is 0 Å². The fourth-order valence-corrected chi connectivity index (χ4v) is 2.15. The molecule has 1 heterocycles. The van der Waals surface area contributed by atoms with Gasteiger partial charge in [0.25, 0.3) is 5.91 Å². The quantitative estimate of drug-likeness (QED) is 0.851. The molecule has 6 nitrogen and oxygen atoms in total. The maximum absolute atomic E-state index is 11.8. The van der Waals surface area contributed by atoms with E-state index in [4.69, 9.17) is 9.56 Å². The van der Waals surface area contributed by atoms with E-state index in [-0.39, 0.29) is 16.4 Å². The van der Waals surface area contributed by atoms with Crippen LogP contribution in [0.2, 0.25) is 0 Å². The fraction of sp³-hybridized carbons (Fsp3) is 0.583. The second-order valence-electron chi connectivity index (χ2n) is 5.01. The standard InChI is InChI=1S/C12H20N2O4S/c1-7(2)8(3)6-14-12(15)10-5-11(9(4)18-10)19(13,16)17/h5,7-8H,6H2,1-4H3,(H,14,15)(H2,13,16,17). The number of carbonyl (C=O) groups excluding carboxylic acids is 1. The molecular weight excluding hydrogens is 268 g/mol. The molecule has 0 fully saturated rings. The number of nitrogens with one attached hydrogen (secondary N) is 1. The number of primary sulfonamides is 1. The van der Waals surface area contributed by atoms with Crippen LogP contribution < -0.4 is 10.5 Å². The molecule has 1 aromatic heterocycles. The zero-order valence-electron chi connectivity index (χ0n) is 11.6. The second-order valence-corrected chi connectivity index (χ2v) is 6.54. The topological polar surface area (TPSA) is 102 Å². The van der Waals surface area contributed by atoms with Gasteiger partial charge in [0.05, 0.1) is 0 Å². The van der Waals surface area contributed by atoms with Gasteiger partial charge in [0.15, 0.2) is 5.76 Å². The molecule has 0 aliphatic heterocycles. The molecule has 0 aliphatic rings. The lowest BCUT2D eigenvalue weighted by molar-refractivity contribution is 0.0916. The van der Waals surface area contributed by atoms with Gasteiger partial charge in [-0.3, -0.25) is 4.79 Å². The average Bonchev–Trinajstić information content (AvgIpc) is 2.67. The van der Waals surface area contributed by atoms with Gasteiger partial charge in [-0.2, -0.15) is 0 Å². The molecule has 0 spiro atoms. The number of carbonyl (C=O) groups is 1. The summed E-state index contributed by atoms with van der Waals surface area (Å²) in [6.07, 6.45) is 0. The molecule has 1 amide bonds. The lowest BCUT2D eigenvalue weighted by Crippen LogP contribution is -2.29. The highest BCUT2D eigenvalue weighted by Crippen LogP contribution is 2.18. The van der Waals surface area contributed by atoms with E-state index in [2.05, 4.69) is 19.2 Å². The summed E-state index contributed by atoms with van der Waals surface area (Å²) in [7, 11) is -3.86. The van der Waals surface area contributed by atoms with Gasteiger partial charge < -0.3 is 9.73 Å². The molecule has 1 aromatic rings. The molecule has 0 saturated heterocycles. The third-order valence-electron chi connectivity index (χ3n) is 3.13. The van der Waals surface area contributed by atoms with E-state index in [1.165, 1.54) is 6.92 Å². The smallest absolute Gasteiger partial charge is 0.287 e. The minimum Gasteiger partial charge on any atom is -0.455 e. The molecule has 3 N–H and O–H groups in total. The van der Waals surface area contributed by atoms with Gasteiger partial charge in [-0.05, 0) is 18.8 Å². The predicted molar refractivity (Wildman–Crippen MR) is 71.2 cm³/mol. The molecule has 0 radical (unpaired) electrons. The van der Waals surface area contributed by atoms with Crippen LogP contribution >= 0.6 is 0 Å². The Morgan fingerprint density at radius 1 is 1.42 bits per heavy atom. The summed E-state index contributed by atoms with van der Waals surface area (Å²) < 4.78 is 27.6. The van der Waals surface area contributed by atoms with Gasteiger partial charge >= 0.3 is 0 Å². The lowest BCUT2D eigenvalue weighted by atomic mass is 9.98. The lowest BCUT2D eigenvalue weighted by Gasteiger charge is -2.15. The Labute approximate surface area is 113 Å². The third kappa shape index (κ3) is 4.07. The van der Waals surface area contributed by atoms with Crippen molar-refractivity contribution < 1.29 is 17.6 Å². The average molecular weight is 288 g/mol. The summed E-state index contributed by atoms with van der Waals surface area (Å²) in [6.45, 7) is 8.10. The van der Waals surface area contributed by atoms with Gasteiger partial charge in [-0.1, -0.05) is 20.8 Å². The first kappa shape index (κ1) is 15.7. The minimum atomic E-state index is -3.86. The summed E-state index contributed by atoms with van der Waals surface area (Å²) in [6, 6.07) is 1.15. The zero-order chi connectivity index (χ0) is 14.8. The summed E-state index contributed by atoms with van der Waals surface area (Å²) >= 11 is 0. The Hall–Kier alpha value is -1.34. The zero-order valence-corrected chi connectivity index (χ0v) is 12.4. The summed E-state index contributed by atoms with van der Waals surface area (Å²) in [4.78, 5) is 11.7. The Bertz CT molecular complexity index is 560. The fourth-order valence-electron chi connectivity index (χ4n) is 1.44. The van der Waals surface area contributed by atoms with Crippen molar-refractivity contribution in [3.63, 3.8) is 0 Å². The van der Waals surface area contributed by atoms with Crippen molar-refractivity contribution in [3.05, 3.63) is 17.6 Å². The summed E-state index contributed by atoms with van der Waals surface area (Å²) in [5.41, 5.74) is 0. The molecule has 0 saturated carbocycles.